The second-order valence-corrected chi connectivity index (χ2v) is 6.51. The molecular weight excluding hydrogens is 322 g/mol. The largest absolute Gasteiger partial charge is 0.330 e. The summed E-state index contributed by atoms with van der Waals surface area (Å²) in [5.41, 5.74) is 2.96. The average Bonchev–Trinajstić information content (AvgIpc) is 3.37. The highest BCUT2D eigenvalue weighted by atomic mass is 16.6. The molecule has 0 saturated heterocycles. The number of para-hydroxylation sites is 1. The Balaban J connectivity index is 1.63. The molecule has 0 atom stereocenters. The van der Waals surface area contributed by atoms with Crippen LogP contribution in [0.2, 0.25) is 0 Å². The number of aromatic amines is 1. The van der Waals surface area contributed by atoms with Crippen molar-refractivity contribution in [1.29, 1.82) is 0 Å². The maximum Gasteiger partial charge on any atom is 0.275 e. The Hall–Kier alpha value is -2.74. The van der Waals surface area contributed by atoms with Gasteiger partial charge < -0.3 is 10.2 Å². The number of aromatic nitrogens is 2. The zero-order valence-electron chi connectivity index (χ0n) is 13.7. The summed E-state index contributed by atoms with van der Waals surface area (Å²) in [6.45, 7) is 1.72. The van der Waals surface area contributed by atoms with E-state index < -0.39 is 4.92 Å². The van der Waals surface area contributed by atoms with Crippen molar-refractivity contribution in [3.63, 3.8) is 0 Å². The number of nitrogens with zero attached hydrogens (tertiary/aromatic N) is 3. The zero-order valence-corrected chi connectivity index (χ0v) is 13.7. The number of carbonyl (C=O) groups is 1. The number of hydrogen-bond acceptors (Lipinski definition) is 5. The van der Waals surface area contributed by atoms with Crippen LogP contribution in [0, 0.1) is 10.1 Å². The van der Waals surface area contributed by atoms with Crippen molar-refractivity contribution in [2.75, 3.05) is 6.54 Å². The SMILES string of the molecule is O=C(c1n[nH]c2c1CNCC2)N(Cc1ccccc1[N+](=O)[O-])C1CC1. The summed E-state index contributed by atoms with van der Waals surface area (Å²) in [5.74, 6) is -0.151. The van der Waals surface area contributed by atoms with Crippen LogP contribution in [0.4, 0.5) is 5.69 Å². The first-order valence-electron chi connectivity index (χ1n) is 8.45. The normalized spacial score (nSPS) is 16.3. The van der Waals surface area contributed by atoms with Crippen LogP contribution in [-0.4, -0.2) is 38.5 Å². The fourth-order valence-electron chi connectivity index (χ4n) is 3.30. The number of nitrogens with one attached hydrogen (secondary N) is 2. The van der Waals surface area contributed by atoms with E-state index in [1.54, 1.807) is 23.1 Å². The van der Waals surface area contributed by atoms with E-state index in [0.29, 0.717) is 17.8 Å². The monoisotopic (exact) mass is 341 g/mol. The minimum Gasteiger partial charge on any atom is -0.330 e. The minimum absolute atomic E-state index is 0.0478. The quantitative estimate of drug-likeness (QED) is 0.637. The van der Waals surface area contributed by atoms with Crippen LogP contribution in [0.25, 0.3) is 0 Å². The van der Waals surface area contributed by atoms with Crippen molar-refractivity contribution in [3.8, 4) is 0 Å². The van der Waals surface area contributed by atoms with E-state index >= 15 is 0 Å². The lowest BCUT2D eigenvalue weighted by Crippen LogP contribution is -2.34. The first-order chi connectivity index (χ1) is 12.1. The minimum atomic E-state index is -0.398. The van der Waals surface area contributed by atoms with Crippen molar-refractivity contribution in [2.45, 2.75) is 38.4 Å². The summed E-state index contributed by atoms with van der Waals surface area (Å²) in [6.07, 6.45) is 2.68. The van der Waals surface area contributed by atoms with Gasteiger partial charge >= 0.3 is 0 Å². The molecular formula is C17H19N5O3. The van der Waals surface area contributed by atoms with E-state index in [9.17, 15) is 14.9 Å². The molecule has 2 heterocycles. The molecule has 1 aliphatic heterocycles. The fourth-order valence-corrected chi connectivity index (χ4v) is 3.30. The third kappa shape index (κ3) is 3.00. The second kappa shape index (κ2) is 6.29. The number of amides is 1. The number of nitro benzene ring substituents is 1. The summed E-state index contributed by atoms with van der Waals surface area (Å²) >= 11 is 0. The highest BCUT2D eigenvalue weighted by Gasteiger charge is 2.36. The smallest absolute Gasteiger partial charge is 0.275 e. The van der Waals surface area contributed by atoms with Crippen LogP contribution in [0.1, 0.15) is 40.2 Å². The molecule has 130 valence electrons. The van der Waals surface area contributed by atoms with E-state index in [4.69, 9.17) is 0 Å². The standard InChI is InChI=1S/C17H19N5O3/c23-17(16-13-9-18-8-7-14(13)19-20-16)21(12-5-6-12)10-11-3-1-2-4-15(11)22(24)25/h1-4,12,18H,5-10H2,(H,19,20). The number of rotatable bonds is 5. The number of benzene rings is 1. The molecule has 1 aromatic carbocycles. The van der Waals surface area contributed by atoms with E-state index in [-0.39, 0.29) is 24.2 Å². The molecule has 1 aromatic heterocycles. The molecule has 0 bridgehead atoms. The topological polar surface area (TPSA) is 104 Å². The van der Waals surface area contributed by atoms with Crippen molar-refractivity contribution in [3.05, 3.63) is 56.9 Å². The van der Waals surface area contributed by atoms with Gasteiger partial charge in [0.2, 0.25) is 0 Å². The van der Waals surface area contributed by atoms with Crippen molar-refractivity contribution in [1.82, 2.24) is 20.4 Å². The van der Waals surface area contributed by atoms with Crippen molar-refractivity contribution < 1.29 is 9.72 Å². The Labute approximate surface area is 144 Å². The van der Waals surface area contributed by atoms with E-state index in [1.807, 2.05) is 0 Å². The molecule has 25 heavy (non-hydrogen) atoms. The van der Waals surface area contributed by atoms with Gasteiger partial charge in [0, 0.05) is 48.4 Å². The van der Waals surface area contributed by atoms with Gasteiger partial charge in [-0.3, -0.25) is 20.0 Å². The summed E-state index contributed by atoms with van der Waals surface area (Å²) in [4.78, 5) is 25.7. The van der Waals surface area contributed by atoms with Crippen LogP contribution in [0.15, 0.2) is 24.3 Å². The average molecular weight is 341 g/mol. The Morgan fingerprint density at radius 2 is 2.16 bits per heavy atom. The van der Waals surface area contributed by atoms with Crippen molar-refractivity contribution in [2.24, 2.45) is 0 Å². The number of H-pyrrole nitrogens is 1. The Morgan fingerprint density at radius 3 is 2.92 bits per heavy atom. The van der Waals surface area contributed by atoms with Crippen LogP contribution in [0.5, 0.6) is 0 Å². The third-order valence-electron chi connectivity index (χ3n) is 4.79. The van der Waals surface area contributed by atoms with Gasteiger partial charge in [0.15, 0.2) is 5.69 Å². The van der Waals surface area contributed by atoms with E-state index in [2.05, 4.69) is 15.5 Å². The van der Waals surface area contributed by atoms with E-state index in [0.717, 1.165) is 37.1 Å². The van der Waals surface area contributed by atoms with Gasteiger partial charge in [-0.1, -0.05) is 18.2 Å². The van der Waals surface area contributed by atoms with Gasteiger partial charge in [-0.05, 0) is 12.8 Å². The molecule has 1 fully saturated rings. The zero-order chi connectivity index (χ0) is 17.4. The van der Waals surface area contributed by atoms with Gasteiger partial charge in [0.1, 0.15) is 0 Å². The lowest BCUT2D eigenvalue weighted by Gasteiger charge is -2.22. The number of carbonyl (C=O) groups excluding carboxylic acids is 1. The van der Waals surface area contributed by atoms with Crippen LogP contribution >= 0.6 is 0 Å². The lowest BCUT2D eigenvalue weighted by molar-refractivity contribution is -0.385. The predicted molar refractivity (Wildman–Crippen MR) is 90.0 cm³/mol. The Kier molecular flexibility index (Phi) is 3.96. The maximum atomic E-state index is 13.1. The summed E-state index contributed by atoms with van der Waals surface area (Å²) in [7, 11) is 0. The van der Waals surface area contributed by atoms with Crippen LogP contribution < -0.4 is 5.32 Å². The molecule has 1 aliphatic carbocycles. The first kappa shape index (κ1) is 15.8. The van der Waals surface area contributed by atoms with Crippen LogP contribution in [0.3, 0.4) is 0 Å². The van der Waals surface area contributed by atoms with Gasteiger partial charge in [-0.25, -0.2) is 0 Å². The maximum absolute atomic E-state index is 13.1. The molecule has 1 saturated carbocycles. The molecule has 2 N–H and O–H groups in total. The Morgan fingerprint density at radius 1 is 1.36 bits per heavy atom. The predicted octanol–water partition coefficient (Wildman–Crippen LogP) is 1.77. The molecule has 0 radical (unpaired) electrons. The number of hydrogen-bond donors (Lipinski definition) is 2. The lowest BCUT2D eigenvalue weighted by atomic mass is 10.1. The highest BCUT2D eigenvalue weighted by molar-refractivity contribution is 5.94. The molecule has 1 amide bonds. The molecule has 0 unspecified atom stereocenters. The third-order valence-corrected chi connectivity index (χ3v) is 4.79. The van der Waals surface area contributed by atoms with Crippen molar-refractivity contribution >= 4 is 11.6 Å². The summed E-state index contributed by atoms with van der Waals surface area (Å²) in [6, 6.07) is 6.73. The van der Waals surface area contributed by atoms with Gasteiger partial charge in [-0.2, -0.15) is 5.10 Å². The second-order valence-electron chi connectivity index (χ2n) is 6.51. The summed E-state index contributed by atoms with van der Waals surface area (Å²) in [5, 5.41) is 21.7. The van der Waals surface area contributed by atoms with E-state index in [1.165, 1.54) is 6.07 Å². The molecule has 8 heteroatoms. The van der Waals surface area contributed by atoms with Gasteiger partial charge in [0.05, 0.1) is 11.5 Å². The molecule has 8 nitrogen and oxygen atoms in total. The van der Waals surface area contributed by atoms with Gasteiger partial charge in [-0.15, -0.1) is 0 Å². The molecule has 0 spiro atoms. The fraction of sp³-hybridized carbons (Fsp3) is 0.412. The van der Waals surface area contributed by atoms with Crippen LogP contribution in [-0.2, 0) is 19.5 Å². The van der Waals surface area contributed by atoms with Gasteiger partial charge in [0.25, 0.3) is 11.6 Å². The molecule has 2 aliphatic rings. The first-order valence-corrected chi connectivity index (χ1v) is 8.45. The number of fused-ring (bicyclic) bond motifs is 1. The molecule has 4 rings (SSSR count). The molecule has 2 aromatic rings. The number of nitro groups is 1. The highest BCUT2D eigenvalue weighted by Crippen LogP contribution is 2.32. The summed E-state index contributed by atoms with van der Waals surface area (Å²) < 4.78 is 0. The Bertz CT molecular complexity index is 827.